The SMILES string of the molecule is O=C(CCc1cccc2c1CCCC(C(=O)C(=O)O)C2)NN(c1ccccc1)c1ccccc1. The molecule has 4 rings (SSSR count). The van der Waals surface area contributed by atoms with Gasteiger partial charge in [0.2, 0.25) is 11.7 Å². The van der Waals surface area contributed by atoms with Gasteiger partial charge in [0.25, 0.3) is 0 Å². The van der Waals surface area contributed by atoms with E-state index in [0.717, 1.165) is 40.9 Å². The first-order chi connectivity index (χ1) is 16.5. The number of rotatable bonds is 8. The Morgan fingerprint density at radius 2 is 1.53 bits per heavy atom. The fourth-order valence-corrected chi connectivity index (χ4v) is 4.59. The molecule has 0 heterocycles. The second-order valence-corrected chi connectivity index (χ2v) is 8.56. The Morgan fingerprint density at radius 1 is 0.882 bits per heavy atom. The Kier molecular flexibility index (Phi) is 7.38. The first kappa shape index (κ1) is 23.2. The van der Waals surface area contributed by atoms with Gasteiger partial charge in [-0.25, -0.2) is 4.79 Å². The number of hydrazine groups is 1. The van der Waals surface area contributed by atoms with Crippen molar-refractivity contribution in [3.05, 3.63) is 95.6 Å². The van der Waals surface area contributed by atoms with Crippen molar-refractivity contribution in [1.82, 2.24) is 5.43 Å². The fraction of sp³-hybridized carbons (Fsp3) is 0.250. The van der Waals surface area contributed by atoms with Crippen molar-refractivity contribution in [1.29, 1.82) is 0 Å². The molecular formula is C28H28N2O4. The summed E-state index contributed by atoms with van der Waals surface area (Å²) in [5.41, 5.74) is 8.02. The number of nitrogens with one attached hydrogen (secondary N) is 1. The van der Waals surface area contributed by atoms with Crippen LogP contribution in [0.3, 0.4) is 0 Å². The Balaban J connectivity index is 1.46. The molecule has 1 atom stereocenters. The Labute approximate surface area is 199 Å². The predicted molar refractivity (Wildman–Crippen MR) is 131 cm³/mol. The van der Waals surface area contributed by atoms with E-state index in [1.54, 1.807) is 5.01 Å². The highest BCUT2D eigenvalue weighted by Crippen LogP contribution is 2.29. The van der Waals surface area contributed by atoms with Crippen LogP contribution in [0, 0.1) is 5.92 Å². The number of hydrogen-bond donors (Lipinski definition) is 2. The highest BCUT2D eigenvalue weighted by Gasteiger charge is 2.28. The highest BCUT2D eigenvalue weighted by atomic mass is 16.4. The van der Waals surface area contributed by atoms with Crippen LogP contribution in [0.2, 0.25) is 0 Å². The molecule has 1 amide bonds. The lowest BCUT2D eigenvalue weighted by atomic mass is 9.91. The van der Waals surface area contributed by atoms with Gasteiger partial charge >= 0.3 is 5.97 Å². The van der Waals surface area contributed by atoms with Gasteiger partial charge in [-0.15, -0.1) is 0 Å². The molecule has 0 aliphatic heterocycles. The van der Waals surface area contributed by atoms with E-state index in [4.69, 9.17) is 5.11 Å². The molecule has 0 fully saturated rings. The number of Topliss-reactive ketones (excluding diaryl/α,β-unsaturated/α-hetero) is 1. The minimum atomic E-state index is -1.36. The zero-order chi connectivity index (χ0) is 23.9. The number of aliphatic carboxylic acids is 1. The summed E-state index contributed by atoms with van der Waals surface area (Å²) in [7, 11) is 0. The molecular weight excluding hydrogens is 428 g/mol. The van der Waals surface area contributed by atoms with E-state index in [9.17, 15) is 14.4 Å². The van der Waals surface area contributed by atoms with Gasteiger partial charge in [0, 0.05) is 12.3 Å². The van der Waals surface area contributed by atoms with E-state index >= 15 is 0 Å². The summed E-state index contributed by atoms with van der Waals surface area (Å²) in [6.45, 7) is 0. The Bertz CT molecular complexity index is 1120. The van der Waals surface area contributed by atoms with E-state index in [1.807, 2.05) is 78.9 Å². The maximum atomic E-state index is 13.0. The topological polar surface area (TPSA) is 86.7 Å². The van der Waals surface area contributed by atoms with Crippen molar-refractivity contribution >= 4 is 29.0 Å². The maximum Gasteiger partial charge on any atom is 0.372 e. The molecule has 34 heavy (non-hydrogen) atoms. The van der Waals surface area contributed by atoms with Crippen LogP contribution in [0.5, 0.6) is 0 Å². The normalized spacial score (nSPS) is 15.0. The van der Waals surface area contributed by atoms with E-state index in [-0.39, 0.29) is 5.91 Å². The summed E-state index contributed by atoms with van der Waals surface area (Å²) in [6.07, 6.45) is 3.44. The van der Waals surface area contributed by atoms with Crippen molar-refractivity contribution in [3.63, 3.8) is 0 Å². The van der Waals surface area contributed by atoms with Crippen molar-refractivity contribution in [2.24, 2.45) is 5.92 Å². The third-order valence-corrected chi connectivity index (χ3v) is 6.28. The largest absolute Gasteiger partial charge is 0.475 e. The number of fused-ring (bicyclic) bond motifs is 1. The first-order valence-corrected chi connectivity index (χ1v) is 11.6. The van der Waals surface area contributed by atoms with Crippen LogP contribution in [-0.2, 0) is 33.6 Å². The minimum absolute atomic E-state index is 0.0992. The number of carbonyl (C=O) groups is 3. The Morgan fingerprint density at radius 3 is 2.15 bits per heavy atom. The molecule has 0 saturated carbocycles. The summed E-state index contributed by atoms with van der Waals surface area (Å²) in [4.78, 5) is 36.2. The van der Waals surface area contributed by atoms with Crippen molar-refractivity contribution in [3.8, 4) is 0 Å². The van der Waals surface area contributed by atoms with Gasteiger partial charge in [0.05, 0.1) is 11.4 Å². The summed E-state index contributed by atoms with van der Waals surface area (Å²) in [5.74, 6) is -2.65. The van der Waals surface area contributed by atoms with E-state index < -0.39 is 17.7 Å². The third kappa shape index (κ3) is 5.52. The fourth-order valence-electron chi connectivity index (χ4n) is 4.59. The predicted octanol–water partition coefficient (Wildman–Crippen LogP) is 4.64. The number of anilines is 2. The second-order valence-electron chi connectivity index (χ2n) is 8.56. The minimum Gasteiger partial charge on any atom is -0.475 e. The molecule has 0 bridgehead atoms. The highest BCUT2D eigenvalue weighted by molar-refractivity contribution is 6.33. The van der Waals surface area contributed by atoms with E-state index in [1.165, 1.54) is 0 Å². The van der Waals surface area contributed by atoms with Gasteiger partial charge < -0.3 is 5.11 Å². The lowest BCUT2D eigenvalue weighted by Crippen LogP contribution is -2.39. The van der Waals surface area contributed by atoms with Crippen LogP contribution in [0.1, 0.15) is 36.0 Å². The molecule has 6 heteroatoms. The quantitative estimate of drug-likeness (QED) is 0.293. The zero-order valence-corrected chi connectivity index (χ0v) is 18.9. The van der Waals surface area contributed by atoms with Gasteiger partial charge in [-0.3, -0.25) is 20.0 Å². The van der Waals surface area contributed by atoms with E-state index in [0.29, 0.717) is 25.7 Å². The third-order valence-electron chi connectivity index (χ3n) is 6.28. The van der Waals surface area contributed by atoms with Gasteiger partial charge in [-0.2, -0.15) is 0 Å². The number of hydrogen-bond acceptors (Lipinski definition) is 4. The summed E-state index contributed by atoms with van der Waals surface area (Å²) in [5, 5.41) is 10.9. The first-order valence-electron chi connectivity index (χ1n) is 11.6. The summed E-state index contributed by atoms with van der Waals surface area (Å²) < 4.78 is 0. The van der Waals surface area contributed by atoms with E-state index in [2.05, 4.69) is 5.43 Å². The number of benzene rings is 3. The number of para-hydroxylation sites is 2. The lowest BCUT2D eigenvalue weighted by molar-refractivity contribution is -0.151. The average molecular weight is 457 g/mol. The number of amides is 1. The Hall–Kier alpha value is -3.93. The number of ketones is 1. The number of nitrogens with zero attached hydrogens (tertiary/aromatic N) is 1. The van der Waals surface area contributed by atoms with Crippen LogP contribution in [0.15, 0.2) is 78.9 Å². The number of carbonyl (C=O) groups excluding carboxylic acids is 2. The molecule has 0 saturated heterocycles. The van der Waals surface area contributed by atoms with Crippen molar-refractivity contribution in [2.45, 2.75) is 38.5 Å². The van der Waals surface area contributed by atoms with Crippen LogP contribution in [0.25, 0.3) is 0 Å². The number of carboxylic acids is 1. The van der Waals surface area contributed by atoms with Crippen LogP contribution >= 0.6 is 0 Å². The molecule has 0 radical (unpaired) electrons. The van der Waals surface area contributed by atoms with Crippen LogP contribution in [-0.4, -0.2) is 22.8 Å². The van der Waals surface area contributed by atoms with Gasteiger partial charge in [0.15, 0.2) is 0 Å². The molecule has 174 valence electrons. The molecule has 1 unspecified atom stereocenters. The van der Waals surface area contributed by atoms with Crippen molar-refractivity contribution < 1.29 is 19.5 Å². The second kappa shape index (κ2) is 10.8. The molecule has 0 aromatic heterocycles. The molecule has 3 aromatic carbocycles. The van der Waals surface area contributed by atoms with Gasteiger partial charge in [0.1, 0.15) is 0 Å². The number of aryl methyl sites for hydroxylation is 1. The van der Waals surface area contributed by atoms with Crippen molar-refractivity contribution in [2.75, 3.05) is 5.01 Å². The molecule has 1 aliphatic carbocycles. The van der Waals surface area contributed by atoms with Crippen LogP contribution < -0.4 is 10.4 Å². The lowest BCUT2D eigenvalue weighted by Gasteiger charge is -2.25. The molecule has 2 N–H and O–H groups in total. The molecule has 3 aromatic rings. The molecule has 6 nitrogen and oxygen atoms in total. The molecule has 1 aliphatic rings. The molecule has 0 spiro atoms. The average Bonchev–Trinajstić information content (AvgIpc) is 3.09. The zero-order valence-electron chi connectivity index (χ0n) is 18.9. The number of carboxylic acid groups (broad SMARTS) is 1. The smallest absolute Gasteiger partial charge is 0.372 e. The maximum absolute atomic E-state index is 13.0. The van der Waals surface area contributed by atoms with Crippen LogP contribution in [0.4, 0.5) is 11.4 Å². The van der Waals surface area contributed by atoms with Gasteiger partial charge in [-0.1, -0.05) is 54.6 Å². The monoisotopic (exact) mass is 456 g/mol. The standard InChI is InChI=1S/C28H28N2O4/c31-26(29-30(23-12-3-1-4-13-23)24-14-5-2-6-15-24)18-17-20-9-7-10-21-19-22(27(32)28(33)34)11-8-16-25(20)21/h1-7,9-10,12-15,22H,8,11,16-19H2,(H,29,31)(H,33,34). The summed E-state index contributed by atoms with van der Waals surface area (Å²) in [6, 6.07) is 25.3. The van der Waals surface area contributed by atoms with Gasteiger partial charge in [-0.05, 0) is 73.1 Å². The summed E-state index contributed by atoms with van der Waals surface area (Å²) >= 11 is 0.